The summed E-state index contributed by atoms with van der Waals surface area (Å²) in [7, 11) is 0. The highest BCUT2D eigenvalue weighted by Gasteiger charge is 2.31. The number of nitrogen functional groups attached to an aromatic ring is 1. The molecule has 0 atom stereocenters. The van der Waals surface area contributed by atoms with E-state index in [1.807, 2.05) is 10.9 Å². The van der Waals surface area contributed by atoms with E-state index in [1.54, 1.807) is 6.20 Å². The first-order valence-corrected chi connectivity index (χ1v) is 5.96. The summed E-state index contributed by atoms with van der Waals surface area (Å²) in [6.07, 6.45) is 1.30. The largest absolute Gasteiger partial charge is 0.416 e. The molecule has 0 aliphatic heterocycles. The van der Waals surface area contributed by atoms with E-state index in [9.17, 15) is 13.2 Å². The Balaban J connectivity index is 1.95. The summed E-state index contributed by atoms with van der Waals surface area (Å²) in [5.41, 5.74) is 6.43. The minimum Gasteiger partial charge on any atom is -0.398 e. The van der Waals surface area contributed by atoms with Gasteiger partial charge in [-0.3, -0.25) is 4.68 Å². The van der Waals surface area contributed by atoms with Crippen molar-refractivity contribution in [1.82, 2.24) is 9.78 Å². The van der Waals surface area contributed by atoms with E-state index in [2.05, 4.69) is 5.10 Å². The molecule has 0 spiro atoms. The Labute approximate surface area is 107 Å². The van der Waals surface area contributed by atoms with Crippen molar-refractivity contribution in [3.63, 3.8) is 0 Å². The summed E-state index contributed by atoms with van der Waals surface area (Å²) < 4.78 is 39.5. The molecule has 0 unspecified atom stereocenters. The van der Waals surface area contributed by atoms with Crippen LogP contribution in [0.5, 0.6) is 0 Å². The molecule has 1 saturated carbocycles. The third-order valence-electron chi connectivity index (χ3n) is 3.21. The number of nitrogens with two attached hydrogens (primary N) is 1. The van der Waals surface area contributed by atoms with Crippen LogP contribution in [0.2, 0.25) is 0 Å². The molecule has 19 heavy (non-hydrogen) atoms. The number of hydrogen-bond donors (Lipinski definition) is 1. The molecule has 1 aromatic heterocycles. The van der Waals surface area contributed by atoms with Crippen LogP contribution in [0.25, 0.3) is 11.1 Å². The molecule has 1 fully saturated rings. The van der Waals surface area contributed by atoms with E-state index in [-0.39, 0.29) is 5.69 Å². The summed E-state index contributed by atoms with van der Waals surface area (Å²) in [6.45, 7) is 0. The predicted octanol–water partition coefficient (Wildman–Crippen LogP) is 3.49. The number of rotatable bonds is 2. The highest BCUT2D eigenvalue weighted by atomic mass is 19.4. The van der Waals surface area contributed by atoms with Crippen molar-refractivity contribution in [3.05, 3.63) is 36.2 Å². The predicted molar refractivity (Wildman–Crippen MR) is 65.3 cm³/mol. The van der Waals surface area contributed by atoms with Crippen molar-refractivity contribution < 1.29 is 13.2 Å². The molecule has 1 aromatic carbocycles. The average Bonchev–Trinajstić information content (AvgIpc) is 3.07. The van der Waals surface area contributed by atoms with Gasteiger partial charge in [0.2, 0.25) is 0 Å². The van der Waals surface area contributed by atoms with Gasteiger partial charge in [-0.25, -0.2) is 0 Å². The van der Waals surface area contributed by atoms with Crippen LogP contribution < -0.4 is 5.73 Å². The van der Waals surface area contributed by atoms with E-state index in [4.69, 9.17) is 5.73 Å². The van der Waals surface area contributed by atoms with E-state index in [1.165, 1.54) is 6.07 Å². The van der Waals surface area contributed by atoms with Crippen molar-refractivity contribution in [1.29, 1.82) is 0 Å². The fraction of sp³-hybridized carbons (Fsp3) is 0.308. The molecule has 0 amide bonds. The second-order valence-electron chi connectivity index (χ2n) is 4.74. The van der Waals surface area contributed by atoms with Gasteiger partial charge in [-0.1, -0.05) is 6.07 Å². The number of benzene rings is 1. The molecule has 3 rings (SSSR count). The lowest BCUT2D eigenvalue weighted by Crippen LogP contribution is -2.05. The Morgan fingerprint density at radius 3 is 2.58 bits per heavy atom. The summed E-state index contributed by atoms with van der Waals surface area (Å²) in [4.78, 5) is 0. The molecule has 1 aliphatic rings. The molecule has 6 heteroatoms. The smallest absolute Gasteiger partial charge is 0.398 e. The quantitative estimate of drug-likeness (QED) is 0.846. The van der Waals surface area contributed by atoms with Gasteiger partial charge >= 0.3 is 6.18 Å². The minimum atomic E-state index is -4.37. The van der Waals surface area contributed by atoms with Crippen molar-refractivity contribution in [2.24, 2.45) is 0 Å². The lowest BCUT2D eigenvalue weighted by atomic mass is 10.0. The molecule has 0 saturated heterocycles. The number of halogens is 3. The molecule has 2 aromatic rings. The van der Waals surface area contributed by atoms with Crippen molar-refractivity contribution in [3.8, 4) is 11.1 Å². The fourth-order valence-electron chi connectivity index (χ4n) is 2.02. The monoisotopic (exact) mass is 267 g/mol. The van der Waals surface area contributed by atoms with Gasteiger partial charge in [-0.15, -0.1) is 0 Å². The third-order valence-corrected chi connectivity index (χ3v) is 3.21. The normalized spacial score (nSPS) is 15.7. The SMILES string of the molecule is Nc1cc(C(F)(F)F)ccc1-c1cnn(C2CC2)c1. The number of nitrogens with zero attached hydrogens (tertiary/aromatic N) is 2. The van der Waals surface area contributed by atoms with E-state index >= 15 is 0 Å². The Hall–Kier alpha value is -1.98. The van der Waals surface area contributed by atoms with Gasteiger partial charge in [0.05, 0.1) is 17.8 Å². The first-order chi connectivity index (χ1) is 8.95. The van der Waals surface area contributed by atoms with Gasteiger partial charge < -0.3 is 5.73 Å². The number of hydrogen-bond acceptors (Lipinski definition) is 2. The molecule has 0 bridgehead atoms. The van der Waals surface area contributed by atoms with Crippen LogP contribution in [0, 0.1) is 0 Å². The van der Waals surface area contributed by atoms with Gasteiger partial charge in [0.1, 0.15) is 0 Å². The lowest BCUT2D eigenvalue weighted by molar-refractivity contribution is -0.137. The van der Waals surface area contributed by atoms with Crippen LogP contribution in [-0.2, 0) is 6.18 Å². The van der Waals surface area contributed by atoms with Gasteiger partial charge in [0.25, 0.3) is 0 Å². The van der Waals surface area contributed by atoms with E-state index < -0.39 is 11.7 Å². The van der Waals surface area contributed by atoms with Crippen molar-refractivity contribution >= 4 is 5.69 Å². The van der Waals surface area contributed by atoms with Gasteiger partial charge in [0, 0.05) is 23.0 Å². The number of alkyl halides is 3. The average molecular weight is 267 g/mol. The van der Waals surface area contributed by atoms with Crippen molar-refractivity contribution in [2.45, 2.75) is 25.1 Å². The maximum absolute atomic E-state index is 12.5. The second-order valence-corrected chi connectivity index (χ2v) is 4.74. The van der Waals surface area contributed by atoms with Gasteiger partial charge in [-0.2, -0.15) is 18.3 Å². The van der Waals surface area contributed by atoms with Crippen LogP contribution in [0.1, 0.15) is 24.4 Å². The molecule has 0 radical (unpaired) electrons. The maximum atomic E-state index is 12.5. The Morgan fingerprint density at radius 1 is 1.26 bits per heavy atom. The van der Waals surface area contributed by atoms with Crippen LogP contribution in [-0.4, -0.2) is 9.78 Å². The third kappa shape index (κ3) is 2.30. The summed E-state index contributed by atoms with van der Waals surface area (Å²) in [5, 5.41) is 4.21. The number of anilines is 1. The van der Waals surface area contributed by atoms with Crippen molar-refractivity contribution in [2.75, 3.05) is 5.73 Å². The zero-order chi connectivity index (χ0) is 13.6. The fourth-order valence-corrected chi connectivity index (χ4v) is 2.02. The summed E-state index contributed by atoms with van der Waals surface area (Å²) in [5.74, 6) is 0. The molecule has 1 heterocycles. The second kappa shape index (κ2) is 4.01. The Kier molecular flexibility index (Phi) is 2.55. The van der Waals surface area contributed by atoms with E-state index in [0.29, 0.717) is 11.6 Å². The highest BCUT2D eigenvalue weighted by Crippen LogP contribution is 2.37. The Morgan fingerprint density at radius 2 is 2.00 bits per heavy atom. The molecular formula is C13H12F3N3. The molecule has 100 valence electrons. The number of aromatic nitrogens is 2. The maximum Gasteiger partial charge on any atom is 0.416 e. The first kappa shape index (κ1) is 12.1. The summed E-state index contributed by atoms with van der Waals surface area (Å²) in [6, 6.07) is 3.83. The zero-order valence-corrected chi connectivity index (χ0v) is 9.98. The standard InChI is InChI=1S/C13H12F3N3/c14-13(15,16)9-1-4-11(12(17)5-9)8-6-18-19(7-8)10-2-3-10/h1,4-7,10H,2-3,17H2. The molecule has 3 nitrogen and oxygen atoms in total. The Bertz CT molecular complexity index is 612. The summed E-state index contributed by atoms with van der Waals surface area (Å²) >= 11 is 0. The molecule has 2 N–H and O–H groups in total. The zero-order valence-electron chi connectivity index (χ0n) is 9.98. The van der Waals surface area contributed by atoms with Gasteiger partial charge in [-0.05, 0) is 25.0 Å². The van der Waals surface area contributed by atoms with Crippen LogP contribution in [0.4, 0.5) is 18.9 Å². The van der Waals surface area contributed by atoms with Crippen LogP contribution in [0.15, 0.2) is 30.6 Å². The molecule has 1 aliphatic carbocycles. The van der Waals surface area contributed by atoms with Gasteiger partial charge in [0.15, 0.2) is 0 Å². The first-order valence-electron chi connectivity index (χ1n) is 5.96. The van der Waals surface area contributed by atoms with Crippen LogP contribution >= 0.6 is 0 Å². The minimum absolute atomic E-state index is 0.116. The van der Waals surface area contributed by atoms with E-state index in [0.717, 1.165) is 30.5 Å². The lowest BCUT2D eigenvalue weighted by Gasteiger charge is -2.09. The molecular weight excluding hydrogens is 255 g/mol. The van der Waals surface area contributed by atoms with Crippen LogP contribution in [0.3, 0.4) is 0 Å². The topological polar surface area (TPSA) is 43.8 Å². The highest BCUT2D eigenvalue weighted by molar-refractivity contribution is 5.76.